The van der Waals surface area contributed by atoms with E-state index in [1.54, 1.807) is 0 Å². The van der Waals surface area contributed by atoms with Gasteiger partial charge in [-0.15, -0.1) is 11.8 Å². The van der Waals surface area contributed by atoms with Crippen LogP contribution in [0.25, 0.3) is 0 Å². The van der Waals surface area contributed by atoms with Crippen LogP contribution in [0.3, 0.4) is 0 Å². The Labute approximate surface area is 123 Å². The van der Waals surface area contributed by atoms with Crippen LogP contribution in [-0.2, 0) is 9.53 Å². The zero-order chi connectivity index (χ0) is 14.7. The van der Waals surface area contributed by atoms with E-state index in [9.17, 15) is 14.7 Å². The van der Waals surface area contributed by atoms with Crippen molar-refractivity contribution in [2.45, 2.75) is 44.2 Å². The van der Waals surface area contributed by atoms with E-state index >= 15 is 0 Å². The number of nitrogens with zero attached hydrogens (tertiary/aromatic N) is 1. The average molecular weight is 302 g/mol. The maximum absolute atomic E-state index is 12.3. The van der Waals surface area contributed by atoms with Crippen molar-refractivity contribution in [2.75, 3.05) is 18.9 Å². The zero-order valence-corrected chi connectivity index (χ0v) is 12.7. The van der Waals surface area contributed by atoms with Gasteiger partial charge in [0.15, 0.2) is 0 Å². The molecule has 2 aliphatic heterocycles. The third-order valence-corrected chi connectivity index (χ3v) is 5.25. The maximum Gasteiger partial charge on any atom is 0.327 e. The Morgan fingerprint density at radius 3 is 2.80 bits per heavy atom. The van der Waals surface area contributed by atoms with E-state index in [1.165, 1.54) is 16.7 Å². The van der Waals surface area contributed by atoms with Crippen molar-refractivity contribution in [2.24, 2.45) is 5.92 Å². The van der Waals surface area contributed by atoms with Crippen molar-refractivity contribution in [3.05, 3.63) is 0 Å². The molecule has 2 N–H and O–H groups in total. The van der Waals surface area contributed by atoms with Crippen molar-refractivity contribution in [3.63, 3.8) is 0 Å². The average Bonchev–Trinajstić information content (AvgIpc) is 3.04. The summed E-state index contributed by atoms with van der Waals surface area (Å²) >= 11 is 1.53. The molecule has 2 aliphatic rings. The largest absolute Gasteiger partial charge is 0.480 e. The number of rotatable bonds is 4. The van der Waals surface area contributed by atoms with Crippen LogP contribution in [0.1, 0.15) is 26.7 Å². The fourth-order valence-corrected chi connectivity index (χ4v) is 4.06. The molecule has 2 heterocycles. The van der Waals surface area contributed by atoms with Crippen LogP contribution >= 0.6 is 11.8 Å². The predicted molar refractivity (Wildman–Crippen MR) is 76.7 cm³/mol. The Hall–Kier alpha value is -0.950. The first-order valence-electron chi connectivity index (χ1n) is 7.03. The van der Waals surface area contributed by atoms with Crippen LogP contribution in [0.5, 0.6) is 0 Å². The molecule has 0 bridgehead atoms. The molecular weight excluding hydrogens is 280 g/mol. The summed E-state index contributed by atoms with van der Waals surface area (Å²) < 4.78 is 5.46. The van der Waals surface area contributed by atoms with Crippen LogP contribution in [0.2, 0.25) is 0 Å². The van der Waals surface area contributed by atoms with Gasteiger partial charge in [0.25, 0.3) is 0 Å². The highest BCUT2D eigenvalue weighted by molar-refractivity contribution is 8.00. The third kappa shape index (κ3) is 3.38. The molecule has 3 unspecified atom stereocenters. The van der Waals surface area contributed by atoms with Gasteiger partial charge in [0.1, 0.15) is 6.04 Å². The molecule has 0 spiro atoms. The van der Waals surface area contributed by atoms with Gasteiger partial charge in [-0.05, 0) is 18.8 Å². The number of hydrogen-bond donors (Lipinski definition) is 2. The highest BCUT2D eigenvalue weighted by atomic mass is 32.2. The van der Waals surface area contributed by atoms with Gasteiger partial charge in [-0.2, -0.15) is 0 Å². The number of amides is 2. The molecule has 3 atom stereocenters. The van der Waals surface area contributed by atoms with Gasteiger partial charge in [0.2, 0.25) is 0 Å². The minimum absolute atomic E-state index is 0.0648. The Balaban J connectivity index is 1.96. The van der Waals surface area contributed by atoms with Crippen molar-refractivity contribution in [1.29, 1.82) is 0 Å². The summed E-state index contributed by atoms with van der Waals surface area (Å²) in [6.45, 7) is 5.20. The van der Waals surface area contributed by atoms with Crippen molar-refractivity contribution in [3.8, 4) is 0 Å². The predicted octanol–water partition coefficient (Wildman–Crippen LogP) is 1.36. The van der Waals surface area contributed by atoms with E-state index in [2.05, 4.69) is 5.32 Å². The molecule has 114 valence electrons. The molecule has 2 rings (SSSR count). The molecule has 0 aromatic rings. The van der Waals surface area contributed by atoms with Gasteiger partial charge in [-0.1, -0.05) is 13.8 Å². The molecule has 2 saturated heterocycles. The second kappa shape index (κ2) is 6.67. The lowest BCUT2D eigenvalue weighted by Gasteiger charge is -2.30. The van der Waals surface area contributed by atoms with E-state index < -0.39 is 12.0 Å². The number of hydrogen-bond acceptors (Lipinski definition) is 4. The lowest BCUT2D eigenvalue weighted by molar-refractivity contribution is -0.141. The molecule has 2 amide bonds. The van der Waals surface area contributed by atoms with Gasteiger partial charge in [0, 0.05) is 18.9 Å². The molecule has 6 nitrogen and oxygen atoms in total. The van der Waals surface area contributed by atoms with E-state index in [-0.39, 0.29) is 23.4 Å². The smallest absolute Gasteiger partial charge is 0.327 e. The number of nitrogens with one attached hydrogen (secondary N) is 1. The standard InChI is InChI=1S/C13H22N2O4S/c1-8(2)11-15(10(7-20-11)12(16)17)13(18)14-6-9-4-3-5-19-9/h8-11H,3-7H2,1-2H3,(H,14,18)(H,16,17). The van der Waals surface area contributed by atoms with E-state index in [1.807, 2.05) is 13.8 Å². The summed E-state index contributed by atoms with van der Waals surface area (Å²) in [4.78, 5) is 25.1. The van der Waals surface area contributed by atoms with Gasteiger partial charge >= 0.3 is 12.0 Å². The monoisotopic (exact) mass is 302 g/mol. The number of thioether (sulfide) groups is 1. The number of aliphatic carboxylic acids is 1. The number of ether oxygens (including phenoxy) is 1. The Morgan fingerprint density at radius 2 is 2.25 bits per heavy atom. The number of carboxylic acids is 1. The Morgan fingerprint density at radius 1 is 1.50 bits per heavy atom. The highest BCUT2D eigenvalue weighted by Gasteiger charge is 2.42. The number of urea groups is 1. The number of carbonyl (C=O) groups is 2. The normalized spacial score (nSPS) is 29.9. The van der Waals surface area contributed by atoms with Crippen LogP contribution in [0.4, 0.5) is 4.79 Å². The van der Waals surface area contributed by atoms with E-state index in [0.29, 0.717) is 12.3 Å². The highest BCUT2D eigenvalue weighted by Crippen LogP contribution is 2.34. The molecule has 0 aliphatic carbocycles. The van der Waals surface area contributed by atoms with Crippen LogP contribution in [0, 0.1) is 5.92 Å². The fraction of sp³-hybridized carbons (Fsp3) is 0.846. The summed E-state index contributed by atoms with van der Waals surface area (Å²) in [5, 5.41) is 12.0. The molecule has 0 aromatic carbocycles. The Bertz CT molecular complexity index is 371. The first kappa shape index (κ1) is 15.4. The Kier molecular flexibility index (Phi) is 5.15. The SMILES string of the molecule is CC(C)C1SCC(C(=O)O)N1C(=O)NCC1CCCO1. The lowest BCUT2D eigenvalue weighted by atomic mass is 10.1. The number of carboxylic acid groups (broad SMARTS) is 1. The van der Waals surface area contributed by atoms with E-state index in [4.69, 9.17) is 4.74 Å². The minimum Gasteiger partial charge on any atom is -0.480 e. The third-order valence-electron chi connectivity index (χ3n) is 3.63. The van der Waals surface area contributed by atoms with Crippen LogP contribution in [-0.4, -0.2) is 58.4 Å². The molecule has 0 radical (unpaired) electrons. The number of carbonyl (C=O) groups excluding carboxylic acids is 1. The van der Waals surface area contributed by atoms with Gasteiger partial charge in [-0.3, -0.25) is 4.90 Å². The second-order valence-corrected chi connectivity index (χ2v) is 6.70. The summed E-state index contributed by atoms with van der Waals surface area (Å²) in [6, 6.07) is -1.03. The van der Waals surface area contributed by atoms with E-state index in [0.717, 1.165) is 19.4 Å². The first-order valence-corrected chi connectivity index (χ1v) is 8.07. The summed E-state index contributed by atoms with van der Waals surface area (Å²) in [5.41, 5.74) is 0. The summed E-state index contributed by atoms with van der Waals surface area (Å²) in [5.74, 6) is -0.267. The minimum atomic E-state index is -0.937. The molecular formula is C13H22N2O4S. The summed E-state index contributed by atoms with van der Waals surface area (Å²) in [7, 11) is 0. The summed E-state index contributed by atoms with van der Waals surface area (Å²) in [6.07, 6.45) is 2.03. The maximum atomic E-state index is 12.3. The second-order valence-electron chi connectivity index (χ2n) is 5.55. The van der Waals surface area contributed by atoms with Crippen molar-refractivity contribution in [1.82, 2.24) is 10.2 Å². The molecule has 7 heteroatoms. The van der Waals surface area contributed by atoms with Gasteiger partial charge < -0.3 is 15.2 Å². The van der Waals surface area contributed by atoms with Crippen molar-refractivity contribution < 1.29 is 19.4 Å². The molecule has 0 saturated carbocycles. The quantitative estimate of drug-likeness (QED) is 0.820. The lowest BCUT2D eigenvalue weighted by Crippen LogP contribution is -2.52. The zero-order valence-electron chi connectivity index (χ0n) is 11.9. The molecule has 2 fully saturated rings. The molecule has 20 heavy (non-hydrogen) atoms. The fourth-order valence-electron chi connectivity index (χ4n) is 2.59. The first-order chi connectivity index (χ1) is 9.50. The van der Waals surface area contributed by atoms with Crippen LogP contribution < -0.4 is 5.32 Å². The van der Waals surface area contributed by atoms with Crippen molar-refractivity contribution >= 4 is 23.8 Å². The van der Waals surface area contributed by atoms with Crippen LogP contribution in [0.15, 0.2) is 0 Å². The topological polar surface area (TPSA) is 78.9 Å². The molecule has 0 aromatic heterocycles. The van der Waals surface area contributed by atoms with Gasteiger partial charge in [0.05, 0.1) is 11.5 Å². The van der Waals surface area contributed by atoms with Gasteiger partial charge in [-0.25, -0.2) is 9.59 Å².